The number of aromatic nitrogens is 1. The molecule has 0 saturated heterocycles. The summed E-state index contributed by atoms with van der Waals surface area (Å²) >= 11 is 0. The van der Waals surface area contributed by atoms with E-state index in [1.807, 2.05) is 24.3 Å². The van der Waals surface area contributed by atoms with Crippen molar-refractivity contribution in [3.63, 3.8) is 0 Å². The highest BCUT2D eigenvalue weighted by Crippen LogP contribution is 2.39. The topological polar surface area (TPSA) is 71.7 Å². The first-order valence-corrected chi connectivity index (χ1v) is 5.80. The number of phosphoric ester groups is 1. The van der Waals surface area contributed by atoms with Crippen LogP contribution in [0.4, 0.5) is 0 Å². The number of rotatable bonds is 2. The van der Waals surface area contributed by atoms with Crippen molar-refractivity contribution in [2.24, 2.45) is 7.05 Å². The highest BCUT2D eigenvalue weighted by atomic mass is 31.2. The summed E-state index contributed by atoms with van der Waals surface area (Å²) < 4.78 is 16.8. The molecule has 0 bridgehead atoms. The first kappa shape index (κ1) is 10.2. The molecule has 0 fully saturated rings. The van der Waals surface area contributed by atoms with Crippen LogP contribution in [0.5, 0.6) is 5.88 Å². The minimum absolute atomic E-state index is 0.157. The van der Waals surface area contributed by atoms with E-state index < -0.39 is 7.82 Å². The molecule has 15 heavy (non-hydrogen) atoms. The smallest absolute Gasteiger partial charge is 0.388 e. The molecule has 1 aromatic carbocycles. The van der Waals surface area contributed by atoms with E-state index in [9.17, 15) is 4.57 Å². The van der Waals surface area contributed by atoms with Gasteiger partial charge in [-0.25, -0.2) is 4.57 Å². The highest BCUT2D eigenvalue weighted by molar-refractivity contribution is 7.46. The zero-order valence-corrected chi connectivity index (χ0v) is 8.89. The SMILES string of the molecule is Cn1c(OP(=O)(O)O)cc2ccccc21. The largest absolute Gasteiger partial charge is 0.525 e. The standard InChI is InChI=1S/C9H10NO4P/c1-10-8-5-3-2-4-7(8)6-9(10)14-15(11,12)13/h2-6H,1H3,(H2,11,12,13). The van der Waals surface area contributed by atoms with Gasteiger partial charge in [-0.3, -0.25) is 9.79 Å². The molecule has 0 atom stereocenters. The third kappa shape index (κ3) is 2.04. The average Bonchev–Trinajstić information content (AvgIpc) is 2.42. The molecule has 0 unspecified atom stereocenters. The normalized spacial score (nSPS) is 11.9. The molecule has 2 N–H and O–H groups in total. The number of phosphoric acid groups is 1. The van der Waals surface area contributed by atoms with E-state index in [0.717, 1.165) is 10.9 Å². The quantitative estimate of drug-likeness (QED) is 0.765. The van der Waals surface area contributed by atoms with Gasteiger partial charge in [-0.2, -0.15) is 0 Å². The summed E-state index contributed by atoms with van der Waals surface area (Å²) in [5.41, 5.74) is 0.862. The number of hydrogen-bond donors (Lipinski definition) is 2. The lowest BCUT2D eigenvalue weighted by atomic mass is 10.2. The van der Waals surface area contributed by atoms with Crippen LogP contribution in [0, 0.1) is 0 Å². The summed E-state index contributed by atoms with van der Waals surface area (Å²) in [5.74, 6) is 0.157. The minimum Gasteiger partial charge on any atom is -0.388 e. The maximum atomic E-state index is 10.7. The average molecular weight is 227 g/mol. The number of hydrogen-bond acceptors (Lipinski definition) is 2. The molecule has 2 rings (SSSR count). The number of para-hydroxylation sites is 1. The van der Waals surface area contributed by atoms with Gasteiger partial charge < -0.3 is 9.09 Å². The summed E-state index contributed by atoms with van der Waals surface area (Å²) in [6.07, 6.45) is 0. The van der Waals surface area contributed by atoms with Gasteiger partial charge in [0, 0.05) is 18.5 Å². The van der Waals surface area contributed by atoms with Crippen molar-refractivity contribution in [3.05, 3.63) is 30.3 Å². The van der Waals surface area contributed by atoms with Crippen molar-refractivity contribution in [3.8, 4) is 5.88 Å². The van der Waals surface area contributed by atoms with Crippen molar-refractivity contribution in [2.45, 2.75) is 0 Å². The Labute approximate surface area is 86.1 Å². The van der Waals surface area contributed by atoms with Gasteiger partial charge in [0.05, 0.1) is 5.52 Å². The maximum Gasteiger partial charge on any atom is 0.525 e. The summed E-state index contributed by atoms with van der Waals surface area (Å²) in [4.78, 5) is 17.4. The van der Waals surface area contributed by atoms with Crippen LogP contribution in [-0.4, -0.2) is 14.4 Å². The molecular formula is C9H10NO4P. The summed E-state index contributed by atoms with van der Waals surface area (Å²) in [7, 11) is -2.80. The van der Waals surface area contributed by atoms with Crippen LogP contribution in [0.25, 0.3) is 10.9 Å². The van der Waals surface area contributed by atoms with Gasteiger partial charge in [0.2, 0.25) is 5.88 Å². The van der Waals surface area contributed by atoms with Gasteiger partial charge >= 0.3 is 7.82 Å². The van der Waals surface area contributed by atoms with Crippen molar-refractivity contribution >= 4 is 18.7 Å². The number of aryl methyl sites for hydroxylation is 1. The molecule has 5 nitrogen and oxygen atoms in total. The van der Waals surface area contributed by atoms with Gasteiger partial charge in [0.25, 0.3) is 0 Å². The lowest BCUT2D eigenvalue weighted by Crippen LogP contribution is -1.96. The Morgan fingerprint density at radius 3 is 2.60 bits per heavy atom. The maximum absolute atomic E-state index is 10.7. The van der Waals surface area contributed by atoms with Gasteiger partial charge in [0.15, 0.2) is 0 Å². The van der Waals surface area contributed by atoms with Gasteiger partial charge in [-0.05, 0) is 6.07 Å². The Kier molecular flexibility index (Phi) is 2.31. The first-order valence-electron chi connectivity index (χ1n) is 4.27. The van der Waals surface area contributed by atoms with Gasteiger partial charge in [-0.15, -0.1) is 0 Å². The predicted octanol–water partition coefficient (Wildman–Crippen LogP) is 1.65. The lowest BCUT2D eigenvalue weighted by molar-refractivity contribution is 0.276. The Balaban J connectivity index is 2.54. The second kappa shape index (κ2) is 3.38. The summed E-state index contributed by atoms with van der Waals surface area (Å²) in [6.45, 7) is 0. The predicted molar refractivity (Wildman–Crippen MR) is 55.6 cm³/mol. The third-order valence-electron chi connectivity index (χ3n) is 2.12. The van der Waals surface area contributed by atoms with Crippen molar-refractivity contribution in [1.82, 2.24) is 4.57 Å². The fourth-order valence-corrected chi connectivity index (χ4v) is 1.89. The third-order valence-corrected chi connectivity index (χ3v) is 2.55. The van der Waals surface area contributed by atoms with E-state index in [4.69, 9.17) is 9.79 Å². The Hall–Kier alpha value is -1.29. The molecule has 80 valence electrons. The van der Waals surface area contributed by atoms with E-state index in [1.54, 1.807) is 17.7 Å². The lowest BCUT2D eigenvalue weighted by Gasteiger charge is -2.07. The monoisotopic (exact) mass is 227 g/mol. The van der Waals surface area contributed by atoms with Crippen molar-refractivity contribution < 1.29 is 18.9 Å². The van der Waals surface area contributed by atoms with Crippen LogP contribution >= 0.6 is 7.82 Å². The molecule has 0 aliphatic rings. The number of nitrogens with zero attached hydrogens (tertiary/aromatic N) is 1. The molecule has 2 aromatic rings. The first-order chi connectivity index (χ1) is 6.97. The second-order valence-corrected chi connectivity index (χ2v) is 4.35. The molecule has 0 saturated carbocycles. The molecule has 0 aliphatic heterocycles. The van der Waals surface area contributed by atoms with Crippen LogP contribution < -0.4 is 4.52 Å². The van der Waals surface area contributed by atoms with Crippen LogP contribution in [0.3, 0.4) is 0 Å². The molecule has 6 heteroatoms. The van der Waals surface area contributed by atoms with Gasteiger partial charge in [0.1, 0.15) is 0 Å². The molecule has 0 aliphatic carbocycles. The fourth-order valence-electron chi connectivity index (χ4n) is 1.47. The second-order valence-electron chi connectivity index (χ2n) is 3.18. The Morgan fingerprint density at radius 2 is 2.00 bits per heavy atom. The Bertz CT molecular complexity index is 542. The molecule has 1 heterocycles. The highest BCUT2D eigenvalue weighted by Gasteiger charge is 2.18. The van der Waals surface area contributed by atoms with E-state index in [2.05, 4.69) is 4.52 Å². The van der Waals surface area contributed by atoms with Crippen molar-refractivity contribution in [2.75, 3.05) is 0 Å². The molecule has 0 spiro atoms. The number of fused-ring (bicyclic) bond motifs is 1. The molecule has 1 aromatic heterocycles. The summed E-state index contributed by atoms with van der Waals surface area (Å²) in [5, 5.41) is 0.878. The van der Waals surface area contributed by atoms with E-state index >= 15 is 0 Å². The molecular weight excluding hydrogens is 217 g/mol. The van der Waals surface area contributed by atoms with Crippen LogP contribution in [0.1, 0.15) is 0 Å². The molecule has 0 amide bonds. The summed E-state index contributed by atoms with van der Waals surface area (Å²) in [6, 6.07) is 8.99. The fraction of sp³-hybridized carbons (Fsp3) is 0.111. The van der Waals surface area contributed by atoms with E-state index in [-0.39, 0.29) is 5.88 Å². The molecule has 0 radical (unpaired) electrons. The van der Waals surface area contributed by atoms with Crippen molar-refractivity contribution in [1.29, 1.82) is 0 Å². The Morgan fingerprint density at radius 1 is 1.33 bits per heavy atom. The zero-order valence-electron chi connectivity index (χ0n) is 7.99. The van der Waals surface area contributed by atoms with Crippen LogP contribution in [0.15, 0.2) is 30.3 Å². The van der Waals surface area contributed by atoms with E-state index in [1.165, 1.54) is 0 Å². The number of benzene rings is 1. The van der Waals surface area contributed by atoms with E-state index in [0.29, 0.717) is 0 Å². The minimum atomic E-state index is -4.49. The van der Waals surface area contributed by atoms with Crippen LogP contribution in [-0.2, 0) is 11.6 Å². The zero-order chi connectivity index (χ0) is 11.1. The van der Waals surface area contributed by atoms with Gasteiger partial charge in [-0.1, -0.05) is 18.2 Å². The van der Waals surface area contributed by atoms with Crippen LogP contribution in [0.2, 0.25) is 0 Å².